The Hall–Kier alpha value is -1.13. The summed E-state index contributed by atoms with van der Waals surface area (Å²) in [5, 5.41) is 3.46. The molecule has 2 aromatic rings. The molecular weight excluding hydrogens is 218 g/mol. The summed E-state index contributed by atoms with van der Waals surface area (Å²) in [6.07, 6.45) is 2.12. The minimum Gasteiger partial charge on any atom is -0.351 e. The summed E-state index contributed by atoms with van der Waals surface area (Å²) in [5.74, 6) is 0. The van der Waals surface area contributed by atoms with Gasteiger partial charge in [-0.2, -0.15) is 0 Å². The minimum absolute atomic E-state index is 0.908. The minimum atomic E-state index is 0.908. The van der Waals surface area contributed by atoms with E-state index in [4.69, 9.17) is 0 Å². The summed E-state index contributed by atoms with van der Waals surface area (Å²) < 4.78 is 2.26. The fraction of sp³-hybridized carbons (Fsp3) is 0.417. The van der Waals surface area contributed by atoms with E-state index in [0.717, 1.165) is 25.3 Å². The Morgan fingerprint density at radius 2 is 2.31 bits per heavy atom. The van der Waals surface area contributed by atoms with Crippen LogP contribution in [0.4, 0.5) is 0 Å². The second kappa shape index (κ2) is 5.27. The maximum absolute atomic E-state index is 4.24. The van der Waals surface area contributed by atoms with Gasteiger partial charge in [-0.05, 0) is 26.0 Å². The first-order valence-corrected chi connectivity index (χ1v) is 6.43. The van der Waals surface area contributed by atoms with Gasteiger partial charge < -0.3 is 9.88 Å². The number of aromatic nitrogens is 2. The Bertz CT molecular complexity index is 445. The van der Waals surface area contributed by atoms with Gasteiger partial charge in [-0.3, -0.25) is 0 Å². The summed E-state index contributed by atoms with van der Waals surface area (Å²) in [6.45, 7) is 7.08. The Morgan fingerprint density at radius 1 is 1.44 bits per heavy atom. The smallest absolute Gasteiger partial charge is 0.0798 e. The molecule has 16 heavy (non-hydrogen) atoms. The molecule has 0 amide bonds. The molecule has 0 unspecified atom stereocenters. The maximum Gasteiger partial charge on any atom is 0.0798 e. The van der Waals surface area contributed by atoms with Crippen LogP contribution in [0.2, 0.25) is 0 Å². The van der Waals surface area contributed by atoms with Gasteiger partial charge in [0, 0.05) is 36.4 Å². The highest BCUT2D eigenvalue weighted by atomic mass is 32.1. The third kappa shape index (κ3) is 2.51. The quantitative estimate of drug-likeness (QED) is 0.863. The lowest BCUT2D eigenvalue weighted by molar-refractivity contribution is 0.631. The van der Waals surface area contributed by atoms with Crippen LogP contribution >= 0.6 is 11.3 Å². The van der Waals surface area contributed by atoms with Crippen molar-refractivity contribution in [2.75, 3.05) is 0 Å². The van der Waals surface area contributed by atoms with E-state index in [2.05, 4.69) is 47.0 Å². The lowest BCUT2D eigenvalue weighted by Crippen LogP contribution is -2.15. The molecule has 2 aromatic heterocycles. The van der Waals surface area contributed by atoms with Crippen molar-refractivity contribution >= 4 is 11.3 Å². The molecule has 0 bridgehead atoms. The Labute approximate surface area is 100 Å². The number of hydrogen-bond donors (Lipinski definition) is 1. The predicted octanol–water partition coefficient (Wildman–Crippen LogP) is 2.56. The second-order valence-corrected chi connectivity index (χ2v) is 4.69. The number of rotatable bonds is 5. The first-order valence-electron chi connectivity index (χ1n) is 5.55. The number of nitrogens with zero attached hydrogens (tertiary/aromatic N) is 2. The van der Waals surface area contributed by atoms with E-state index in [1.54, 1.807) is 11.3 Å². The highest BCUT2D eigenvalue weighted by molar-refractivity contribution is 7.09. The summed E-state index contributed by atoms with van der Waals surface area (Å²) in [7, 11) is 0. The van der Waals surface area contributed by atoms with Gasteiger partial charge in [0.25, 0.3) is 0 Å². The molecule has 2 heterocycles. The fourth-order valence-corrected chi connectivity index (χ4v) is 2.47. The third-order valence-corrected chi connectivity index (χ3v) is 3.64. The van der Waals surface area contributed by atoms with E-state index < -0.39 is 0 Å². The van der Waals surface area contributed by atoms with E-state index in [9.17, 15) is 0 Å². The molecule has 0 spiro atoms. The molecular formula is C12H17N3S. The normalized spacial score (nSPS) is 10.9. The van der Waals surface area contributed by atoms with Crippen LogP contribution in [-0.2, 0) is 19.6 Å². The average Bonchev–Trinajstić information content (AvgIpc) is 2.88. The van der Waals surface area contributed by atoms with Crippen molar-refractivity contribution in [1.29, 1.82) is 0 Å². The Balaban J connectivity index is 1.87. The van der Waals surface area contributed by atoms with Gasteiger partial charge >= 0.3 is 0 Å². The van der Waals surface area contributed by atoms with Crippen molar-refractivity contribution in [3.05, 3.63) is 40.1 Å². The van der Waals surface area contributed by atoms with Crippen LogP contribution in [-0.4, -0.2) is 9.55 Å². The van der Waals surface area contributed by atoms with Crippen molar-refractivity contribution in [2.24, 2.45) is 0 Å². The summed E-state index contributed by atoms with van der Waals surface area (Å²) in [6, 6.07) is 4.26. The summed E-state index contributed by atoms with van der Waals surface area (Å²) in [5.41, 5.74) is 4.38. The van der Waals surface area contributed by atoms with Crippen molar-refractivity contribution in [1.82, 2.24) is 14.9 Å². The van der Waals surface area contributed by atoms with Crippen LogP contribution in [0.25, 0.3) is 0 Å². The molecule has 0 saturated carbocycles. The molecule has 0 atom stereocenters. The van der Waals surface area contributed by atoms with Crippen LogP contribution in [0, 0.1) is 6.92 Å². The molecule has 2 rings (SSSR count). The molecule has 0 aromatic carbocycles. The SMILES string of the molecule is CCn1cccc1CNCc1scnc1C. The van der Waals surface area contributed by atoms with Crippen molar-refractivity contribution in [3.8, 4) is 0 Å². The monoisotopic (exact) mass is 235 g/mol. The fourth-order valence-electron chi connectivity index (χ4n) is 1.72. The second-order valence-electron chi connectivity index (χ2n) is 3.75. The van der Waals surface area contributed by atoms with E-state index in [0.29, 0.717) is 0 Å². The van der Waals surface area contributed by atoms with E-state index in [1.807, 2.05) is 5.51 Å². The lowest BCUT2D eigenvalue weighted by Gasteiger charge is -2.07. The van der Waals surface area contributed by atoms with E-state index in [1.165, 1.54) is 10.6 Å². The van der Waals surface area contributed by atoms with Gasteiger partial charge in [0.1, 0.15) is 0 Å². The molecule has 3 nitrogen and oxygen atoms in total. The molecule has 4 heteroatoms. The molecule has 86 valence electrons. The van der Waals surface area contributed by atoms with Gasteiger partial charge in [-0.15, -0.1) is 11.3 Å². The van der Waals surface area contributed by atoms with Crippen LogP contribution in [0.15, 0.2) is 23.8 Å². The molecule has 0 aliphatic heterocycles. The molecule has 0 fully saturated rings. The summed E-state index contributed by atoms with van der Waals surface area (Å²) >= 11 is 1.72. The largest absolute Gasteiger partial charge is 0.351 e. The van der Waals surface area contributed by atoms with Crippen LogP contribution < -0.4 is 5.32 Å². The van der Waals surface area contributed by atoms with Gasteiger partial charge in [0.05, 0.1) is 11.2 Å². The van der Waals surface area contributed by atoms with Crippen LogP contribution in [0.3, 0.4) is 0 Å². The predicted molar refractivity (Wildman–Crippen MR) is 67.5 cm³/mol. The van der Waals surface area contributed by atoms with Crippen LogP contribution in [0.5, 0.6) is 0 Å². The van der Waals surface area contributed by atoms with E-state index >= 15 is 0 Å². The average molecular weight is 235 g/mol. The number of nitrogens with one attached hydrogen (secondary N) is 1. The molecule has 1 N–H and O–H groups in total. The Morgan fingerprint density at radius 3 is 3.00 bits per heavy atom. The highest BCUT2D eigenvalue weighted by Gasteiger charge is 2.02. The summed E-state index contributed by atoms with van der Waals surface area (Å²) in [4.78, 5) is 5.57. The maximum atomic E-state index is 4.24. The lowest BCUT2D eigenvalue weighted by atomic mass is 10.3. The zero-order valence-corrected chi connectivity index (χ0v) is 10.5. The standard InChI is InChI=1S/C12H17N3S/c1-3-15-6-4-5-11(15)7-13-8-12-10(2)14-9-16-12/h4-6,9,13H,3,7-8H2,1-2H3. The van der Waals surface area contributed by atoms with Crippen LogP contribution in [0.1, 0.15) is 23.2 Å². The first kappa shape index (κ1) is 11.4. The van der Waals surface area contributed by atoms with Crippen molar-refractivity contribution < 1.29 is 0 Å². The highest BCUT2D eigenvalue weighted by Crippen LogP contribution is 2.11. The number of thiazole rings is 1. The topological polar surface area (TPSA) is 29.9 Å². The zero-order valence-electron chi connectivity index (χ0n) is 9.73. The van der Waals surface area contributed by atoms with Gasteiger partial charge in [0.2, 0.25) is 0 Å². The molecule has 0 aliphatic rings. The zero-order chi connectivity index (χ0) is 11.4. The number of hydrogen-bond acceptors (Lipinski definition) is 3. The van der Waals surface area contributed by atoms with Gasteiger partial charge in [-0.1, -0.05) is 0 Å². The Kier molecular flexibility index (Phi) is 3.74. The third-order valence-electron chi connectivity index (χ3n) is 2.70. The molecule has 0 saturated heterocycles. The van der Waals surface area contributed by atoms with Gasteiger partial charge in [0.15, 0.2) is 0 Å². The van der Waals surface area contributed by atoms with Crippen molar-refractivity contribution in [3.63, 3.8) is 0 Å². The number of aryl methyl sites for hydroxylation is 2. The molecule has 0 radical (unpaired) electrons. The van der Waals surface area contributed by atoms with Crippen molar-refractivity contribution in [2.45, 2.75) is 33.5 Å². The first-order chi connectivity index (χ1) is 7.81. The van der Waals surface area contributed by atoms with Gasteiger partial charge in [-0.25, -0.2) is 4.98 Å². The molecule has 0 aliphatic carbocycles. The van der Waals surface area contributed by atoms with E-state index in [-0.39, 0.29) is 0 Å².